The van der Waals surface area contributed by atoms with Crippen molar-refractivity contribution in [2.24, 2.45) is 5.73 Å². The lowest BCUT2D eigenvalue weighted by Crippen LogP contribution is -2.64. The second kappa shape index (κ2) is 5.22. The predicted molar refractivity (Wildman–Crippen MR) is 78.3 cm³/mol. The molecule has 0 saturated carbocycles. The Morgan fingerprint density at radius 1 is 1.35 bits per heavy atom. The van der Waals surface area contributed by atoms with Crippen molar-refractivity contribution in [3.05, 3.63) is 23.7 Å². The van der Waals surface area contributed by atoms with E-state index in [1.165, 1.54) is 0 Å². The molecule has 2 heterocycles. The molecule has 5 heteroatoms. The fraction of sp³-hybridized carbons (Fsp3) is 0.667. The second-order valence-electron chi connectivity index (χ2n) is 6.23. The third-order valence-corrected chi connectivity index (χ3v) is 4.15. The van der Waals surface area contributed by atoms with Crippen LogP contribution in [0.2, 0.25) is 0 Å². The molecule has 1 aromatic rings. The van der Waals surface area contributed by atoms with Crippen LogP contribution in [0, 0.1) is 6.92 Å². The molecule has 0 aromatic carbocycles. The van der Waals surface area contributed by atoms with Gasteiger partial charge in [0.2, 0.25) is 5.91 Å². The Kier molecular flexibility index (Phi) is 3.93. The molecule has 2 N–H and O–H groups in total. The number of likely N-dealkylation sites (N-methyl/N-ethyl adjacent to an activating group) is 1. The number of nitrogens with zero attached hydrogens (tertiary/aromatic N) is 2. The maximum Gasteiger partial charge on any atom is 0.242 e. The summed E-state index contributed by atoms with van der Waals surface area (Å²) >= 11 is 0. The minimum Gasteiger partial charge on any atom is -0.465 e. The fourth-order valence-corrected chi connectivity index (χ4v) is 3.02. The largest absolute Gasteiger partial charge is 0.465 e. The summed E-state index contributed by atoms with van der Waals surface area (Å²) in [7, 11) is 1.85. The quantitative estimate of drug-likeness (QED) is 0.911. The summed E-state index contributed by atoms with van der Waals surface area (Å²) in [4.78, 5) is 16.4. The van der Waals surface area contributed by atoms with E-state index < -0.39 is 5.54 Å². The molecule has 1 aliphatic heterocycles. The summed E-state index contributed by atoms with van der Waals surface area (Å²) < 4.78 is 5.77. The van der Waals surface area contributed by atoms with Crippen LogP contribution in [0.4, 0.5) is 0 Å². The van der Waals surface area contributed by atoms with Gasteiger partial charge in [-0.2, -0.15) is 0 Å². The van der Waals surface area contributed by atoms with E-state index in [2.05, 4.69) is 4.90 Å². The van der Waals surface area contributed by atoms with Gasteiger partial charge in [0.05, 0.1) is 11.6 Å². The molecule has 112 valence electrons. The van der Waals surface area contributed by atoms with E-state index in [0.717, 1.165) is 18.1 Å². The lowest BCUT2D eigenvalue weighted by Gasteiger charge is -2.48. The first kappa shape index (κ1) is 15.1. The molecule has 20 heavy (non-hydrogen) atoms. The lowest BCUT2D eigenvalue weighted by molar-refractivity contribution is -0.150. The third-order valence-electron chi connectivity index (χ3n) is 4.15. The first-order chi connectivity index (χ1) is 9.25. The summed E-state index contributed by atoms with van der Waals surface area (Å²) in [6, 6.07) is 3.70. The third kappa shape index (κ3) is 2.47. The Morgan fingerprint density at radius 3 is 2.50 bits per heavy atom. The van der Waals surface area contributed by atoms with E-state index in [-0.39, 0.29) is 18.0 Å². The van der Waals surface area contributed by atoms with Crippen molar-refractivity contribution in [3.8, 4) is 0 Å². The Labute approximate surface area is 120 Å². The van der Waals surface area contributed by atoms with Gasteiger partial charge in [-0.15, -0.1) is 0 Å². The first-order valence-corrected chi connectivity index (χ1v) is 7.09. The molecule has 1 fully saturated rings. The Bertz CT molecular complexity index is 493. The molecular weight excluding hydrogens is 254 g/mol. The van der Waals surface area contributed by atoms with Gasteiger partial charge in [0, 0.05) is 26.2 Å². The number of piperazine rings is 1. The van der Waals surface area contributed by atoms with Crippen LogP contribution < -0.4 is 5.73 Å². The van der Waals surface area contributed by atoms with Crippen molar-refractivity contribution in [1.82, 2.24) is 9.80 Å². The molecule has 1 saturated heterocycles. The van der Waals surface area contributed by atoms with Crippen LogP contribution >= 0.6 is 0 Å². The summed E-state index contributed by atoms with van der Waals surface area (Å²) in [6.45, 7) is 9.29. The van der Waals surface area contributed by atoms with Crippen molar-refractivity contribution in [1.29, 1.82) is 0 Å². The minimum atomic E-state index is -0.577. The number of aryl methyl sites for hydroxylation is 1. The van der Waals surface area contributed by atoms with Gasteiger partial charge in [-0.3, -0.25) is 9.69 Å². The molecule has 1 aromatic heterocycles. The number of furan rings is 1. The Balaban J connectivity index is 2.37. The summed E-state index contributed by atoms with van der Waals surface area (Å²) in [5.74, 6) is 1.82. The molecule has 0 aliphatic carbocycles. The van der Waals surface area contributed by atoms with Crippen LogP contribution in [0.5, 0.6) is 0 Å². The maximum absolute atomic E-state index is 12.4. The number of carbonyl (C=O) groups is 1. The van der Waals surface area contributed by atoms with E-state index in [1.54, 1.807) is 4.90 Å². The predicted octanol–water partition coefficient (Wildman–Crippen LogP) is 1.53. The standard InChI is InChI=1S/C15H25N3O2/c1-10-6-7-12(20-10)13(11(2)16)18-9-8-17(5)14(19)15(18,3)4/h6-7,11,13H,8-9,16H2,1-5H3. The number of hydrogen-bond donors (Lipinski definition) is 1. The second-order valence-corrected chi connectivity index (χ2v) is 6.23. The van der Waals surface area contributed by atoms with Crippen LogP contribution in [-0.2, 0) is 4.79 Å². The highest BCUT2D eigenvalue weighted by atomic mass is 16.3. The molecule has 0 radical (unpaired) electrons. The molecule has 1 aliphatic rings. The number of nitrogens with two attached hydrogens (primary N) is 1. The van der Waals surface area contributed by atoms with Crippen molar-refractivity contribution >= 4 is 5.91 Å². The van der Waals surface area contributed by atoms with E-state index in [1.807, 2.05) is 46.9 Å². The van der Waals surface area contributed by atoms with Crippen LogP contribution in [0.25, 0.3) is 0 Å². The molecule has 0 bridgehead atoms. The van der Waals surface area contributed by atoms with E-state index in [4.69, 9.17) is 10.2 Å². The van der Waals surface area contributed by atoms with Gasteiger partial charge < -0.3 is 15.1 Å². The molecule has 2 unspecified atom stereocenters. The normalized spacial score (nSPS) is 22.9. The SMILES string of the molecule is Cc1ccc(C(C(C)N)N2CCN(C)C(=O)C2(C)C)o1. The number of carbonyl (C=O) groups excluding carboxylic acids is 1. The zero-order valence-electron chi connectivity index (χ0n) is 13.0. The van der Waals surface area contributed by atoms with E-state index in [0.29, 0.717) is 6.54 Å². The van der Waals surface area contributed by atoms with Crippen molar-refractivity contribution < 1.29 is 9.21 Å². The maximum atomic E-state index is 12.4. The summed E-state index contributed by atoms with van der Waals surface area (Å²) in [6.07, 6.45) is 0. The summed E-state index contributed by atoms with van der Waals surface area (Å²) in [5, 5.41) is 0. The molecule has 1 amide bonds. The topological polar surface area (TPSA) is 62.7 Å². The zero-order chi connectivity index (χ0) is 15.1. The van der Waals surface area contributed by atoms with Crippen molar-refractivity contribution in [2.45, 2.75) is 45.3 Å². The van der Waals surface area contributed by atoms with Gasteiger partial charge in [0.15, 0.2) is 0 Å². The van der Waals surface area contributed by atoms with Crippen LogP contribution in [0.3, 0.4) is 0 Å². The van der Waals surface area contributed by atoms with Gasteiger partial charge in [0.1, 0.15) is 11.5 Å². The zero-order valence-corrected chi connectivity index (χ0v) is 13.0. The van der Waals surface area contributed by atoms with Crippen LogP contribution in [0.1, 0.15) is 38.3 Å². The van der Waals surface area contributed by atoms with Crippen molar-refractivity contribution in [3.63, 3.8) is 0 Å². The highest BCUT2D eigenvalue weighted by Gasteiger charge is 2.45. The first-order valence-electron chi connectivity index (χ1n) is 7.09. The lowest BCUT2D eigenvalue weighted by atomic mass is 9.92. The average Bonchev–Trinajstić information content (AvgIpc) is 2.76. The van der Waals surface area contributed by atoms with Crippen LogP contribution in [-0.4, -0.2) is 47.4 Å². The van der Waals surface area contributed by atoms with E-state index in [9.17, 15) is 4.79 Å². The molecule has 0 spiro atoms. The number of rotatable bonds is 3. The monoisotopic (exact) mass is 279 g/mol. The molecular formula is C15H25N3O2. The number of hydrogen-bond acceptors (Lipinski definition) is 4. The number of amides is 1. The smallest absolute Gasteiger partial charge is 0.242 e. The molecule has 2 rings (SSSR count). The molecule has 2 atom stereocenters. The Morgan fingerprint density at radius 2 is 2.00 bits per heavy atom. The fourth-order valence-electron chi connectivity index (χ4n) is 3.02. The Hall–Kier alpha value is -1.33. The van der Waals surface area contributed by atoms with Gasteiger partial charge in [0.25, 0.3) is 0 Å². The highest BCUT2D eigenvalue weighted by Crippen LogP contribution is 2.34. The molecule has 5 nitrogen and oxygen atoms in total. The summed E-state index contributed by atoms with van der Waals surface area (Å²) in [5.41, 5.74) is 5.61. The highest BCUT2D eigenvalue weighted by molar-refractivity contribution is 5.86. The van der Waals surface area contributed by atoms with Crippen molar-refractivity contribution in [2.75, 3.05) is 20.1 Å². The van der Waals surface area contributed by atoms with Crippen LogP contribution in [0.15, 0.2) is 16.5 Å². The average molecular weight is 279 g/mol. The van der Waals surface area contributed by atoms with E-state index >= 15 is 0 Å². The van der Waals surface area contributed by atoms with Gasteiger partial charge in [-0.1, -0.05) is 0 Å². The van der Waals surface area contributed by atoms with Gasteiger partial charge in [-0.25, -0.2) is 0 Å². The van der Waals surface area contributed by atoms with Gasteiger partial charge in [-0.05, 0) is 39.8 Å². The van der Waals surface area contributed by atoms with Gasteiger partial charge >= 0.3 is 0 Å². The minimum absolute atomic E-state index is 0.0867.